The lowest BCUT2D eigenvalue weighted by Gasteiger charge is -2.43. The van der Waals surface area contributed by atoms with Crippen LogP contribution < -0.4 is 25.6 Å². The number of anilines is 3. The molecule has 2 aliphatic heterocycles. The Labute approximate surface area is 210 Å². The third kappa shape index (κ3) is 2.54. The van der Waals surface area contributed by atoms with Crippen LogP contribution in [0.3, 0.4) is 0 Å². The summed E-state index contributed by atoms with van der Waals surface area (Å²) >= 11 is 0. The van der Waals surface area contributed by atoms with Gasteiger partial charge in [0.2, 0.25) is 0 Å². The van der Waals surface area contributed by atoms with E-state index in [0.717, 1.165) is 28.2 Å². The van der Waals surface area contributed by atoms with Crippen molar-refractivity contribution in [1.29, 1.82) is 10.5 Å². The van der Waals surface area contributed by atoms with Gasteiger partial charge in [-0.2, -0.15) is 10.5 Å². The Morgan fingerprint density at radius 1 is 0.500 bits per heavy atom. The zero-order valence-corrected chi connectivity index (χ0v) is 20.3. The Morgan fingerprint density at radius 3 is 1.47 bits per heavy atom. The molecule has 5 aromatic carbocycles. The first-order valence-corrected chi connectivity index (χ1v) is 13.9. The summed E-state index contributed by atoms with van der Waals surface area (Å²) in [5.74, 6) is 0. The van der Waals surface area contributed by atoms with Gasteiger partial charge in [-0.15, -0.1) is 0 Å². The van der Waals surface area contributed by atoms with E-state index in [0.29, 0.717) is 11.1 Å². The number of nitrogens with zero attached hydrogens (tertiary/aromatic N) is 3. The molecule has 4 heteroatoms. The van der Waals surface area contributed by atoms with Crippen molar-refractivity contribution in [2.45, 2.75) is 0 Å². The third-order valence-corrected chi connectivity index (χ3v) is 12.4. The fourth-order valence-corrected chi connectivity index (χ4v) is 11.7. The quantitative estimate of drug-likeness (QED) is 0.328. The standard InChI is InChI=1S/C32H19N3Si/c33-20-22-14-16-25-26-17-15-23(21-34)19-32(26)36(31(25)18-22)29-12-6-4-10-27(29)35(24-8-2-1-3-9-24)28-11-5-7-13-30(28)36/h1-19H. The number of hydrogen-bond acceptors (Lipinski definition) is 3. The molecule has 2 aliphatic rings. The summed E-state index contributed by atoms with van der Waals surface area (Å²) in [6.07, 6.45) is 0. The maximum atomic E-state index is 9.85. The summed E-state index contributed by atoms with van der Waals surface area (Å²) < 4.78 is 0. The van der Waals surface area contributed by atoms with Crippen LogP contribution in [0.15, 0.2) is 115 Å². The smallest absolute Gasteiger partial charge is 0.185 e. The van der Waals surface area contributed by atoms with E-state index in [9.17, 15) is 10.5 Å². The Bertz CT molecular complexity index is 1660. The van der Waals surface area contributed by atoms with Crippen molar-refractivity contribution in [1.82, 2.24) is 0 Å². The Kier molecular flexibility index (Phi) is 4.29. The SMILES string of the molecule is N#Cc1ccc2c(c1)[Si]1(c3cc(C#N)ccc3-2)c2ccccc2N(c2ccccc2)c2ccccc21. The highest BCUT2D eigenvalue weighted by Crippen LogP contribution is 2.41. The first-order chi connectivity index (χ1) is 17.8. The average Bonchev–Trinajstić information content (AvgIpc) is 3.23. The molecule has 0 fully saturated rings. The predicted molar refractivity (Wildman–Crippen MR) is 147 cm³/mol. The topological polar surface area (TPSA) is 50.8 Å². The second kappa shape index (κ2) is 7.55. The molecular weight excluding hydrogens is 454 g/mol. The van der Waals surface area contributed by atoms with Gasteiger partial charge in [-0.25, -0.2) is 0 Å². The van der Waals surface area contributed by atoms with Crippen LogP contribution >= 0.6 is 0 Å². The van der Waals surface area contributed by atoms with E-state index in [-0.39, 0.29) is 0 Å². The number of fused-ring (bicyclic) bond motifs is 9. The molecule has 166 valence electrons. The highest BCUT2D eigenvalue weighted by Gasteiger charge is 2.54. The molecule has 0 aromatic heterocycles. The maximum Gasteiger partial charge on any atom is 0.185 e. The van der Waals surface area contributed by atoms with E-state index in [1.54, 1.807) is 0 Å². The molecule has 7 rings (SSSR count). The summed E-state index contributed by atoms with van der Waals surface area (Å²) in [4.78, 5) is 2.35. The van der Waals surface area contributed by atoms with Crippen molar-refractivity contribution in [2.75, 3.05) is 4.90 Å². The first-order valence-electron chi connectivity index (χ1n) is 11.9. The van der Waals surface area contributed by atoms with Crippen LogP contribution in [0.5, 0.6) is 0 Å². The van der Waals surface area contributed by atoms with Gasteiger partial charge in [-0.1, -0.05) is 66.7 Å². The van der Waals surface area contributed by atoms with Gasteiger partial charge in [-0.3, -0.25) is 0 Å². The Morgan fingerprint density at radius 2 is 0.972 bits per heavy atom. The maximum absolute atomic E-state index is 9.85. The largest absolute Gasteiger partial charge is 0.311 e. The molecular formula is C32H19N3Si. The minimum absolute atomic E-state index is 0.661. The lowest BCUT2D eigenvalue weighted by molar-refractivity contribution is 1.29. The number of para-hydroxylation sites is 3. The highest BCUT2D eigenvalue weighted by molar-refractivity contribution is 7.23. The van der Waals surface area contributed by atoms with Gasteiger partial charge in [0.05, 0.1) is 23.3 Å². The van der Waals surface area contributed by atoms with Crippen LogP contribution in [-0.2, 0) is 0 Å². The van der Waals surface area contributed by atoms with Crippen molar-refractivity contribution in [3.8, 4) is 23.3 Å². The van der Waals surface area contributed by atoms with Crippen molar-refractivity contribution >= 4 is 45.9 Å². The van der Waals surface area contributed by atoms with E-state index in [2.05, 4.69) is 114 Å². The Hall–Kier alpha value is -4.90. The molecule has 0 N–H and O–H groups in total. The highest BCUT2D eigenvalue weighted by atomic mass is 28.3. The lowest BCUT2D eigenvalue weighted by Crippen LogP contribution is -2.75. The third-order valence-electron chi connectivity index (χ3n) is 7.51. The molecule has 0 bridgehead atoms. The molecule has 0 amide bonds. The minimum Gasteiger partial charge on any atom is -0.311 e. The number of hydrogen-bond donors (Lipinski definition) is 0. The van der Waals surface area contributed by atoms with Gasteiger partial charge < -0.3 is 4.90 Å². The van der Waals surface area contributed by atoms with Gasteiger partial charge >= 0.3 is 0 Å². The van der Waals surface area contributed by atoms with Gasteiger partial charge in [-0.05, 0) is 80.4 Å². The summed E-state index contributed by atoms with van der Waals surface area (Å²) in [5.41, 5.74) is 7.06. The fraction of sp³-hybridized carbons (Fsp3) is 0. The van der Waals surface area contributed by atoms with Crippen molar-refractivity contribution in [3.05, 3.63) is 126 Å². The minimum atomic E-state index is -2.82. The van der Waals surface area contributed by atoms with Crippen molar-refractivity contribution in [2.24, 2.45) is 0 Å². The zero-order chi connectivity index (χ0) is 24.3. The van der Waals surface area contributed by atoms with Gasteiger partial charge in [0.15, 0.2) is 8.07 Å². The van der Waals surface area contributed by atoms with Crippen LogP contribution in [0.25, 0.3) is 11.1 Å². The van der Waals surface area contributed by atoms with Crippen LogP contribution in [0.1, 0.15) is 11.1 Å². The zero-order valence-electron chi connectivity index (χ0n) is 19.3. The fourth-order valence-electron chi connectivity index (χ4n) is 6.14. The van der Waals surface area contributed by atoms with E-state index in [4.69, 9.17) is 0 Å². The molecule has 5 aromatic rings. The molecule has 36 heavy (non-hydrogen) atoms. The van der Waals surface area contributed by atoms with E-state index in [1.807, 2.05) is 18.2 Å². The first kappa shape index (κ1) is 20.5. The second-order valence-corrected chi connectivity index (χ2v) is 12.9. The Balaban J connectivity index is 1.68. The van der Waals surface area contributed by atoms with Crippen molar-refractivity contribution < 1.29 is 0 Å². The van der Waals surface area contributed by atoms with Crippen LogP contribution in [0.4, 0.5) is 17.1 Å². The molecule has 1 spiro atoms. The molecule has 0 atom stereocenters. The average molecular weight is 474 g/mol. The lowest BCUT2D eigenvalue weighted by atomic mass is 10.0. The summed E-state index contributed by atoms with van der Waals surface area (Å²) in [7, 11) is -2.82. The summed E-state index contributed by atoms with van der Waals surface area (Å²) in [6.45, 7) is 0. The summed E-state index contributed by atoms with van der Waals surface area (Å²) in [5, 5.41) is 24.7. The molecule has 0 radical (unpaired) electrons. The van der Waals surface area contributed by atoms with Gasteiger partial charge in [0.1, 0.15) is 0 Å². The van der Waals surface area contributed by atoms with Crippen molar-refractivity contribution in [3.63, 3.8) is 0 Å². The van der Waals surface area contributed by atoms with Gasteiger partial charge in [0.25, 0.3) is 0 Å². The van der Waals surface area contributed by atoms with E-state index < -0.39 is 8.07 Å². The molecule has 2 heterocycles. The monoisotopic (exact) mass is 473 g/mol. The molecule has 3 nitrogen and oxygen atoms in total. The predicted octanol–water partition coefficient (Wildman–Crippen LogP) is 4.57. The molecule has 0 unspecified atom stereocenters. The number of nitriles is 2. The molecule has 0 aliphatic carbocycles. The second-order valence-electron chi connectivity index (χ2n) is 9.20. The molecule has 0 saturated heterocycles. The molecule has 0 saturated carbocycles. The van der Waals surface area contributed by atoms with Gasteiger partial charge in [0, 0.05) is 17.1 Å². The number of rotatable bonds is 1. The summed E-state index contributed by atoms with van der Waals surface area (Å²) in [6, 6.07) is 44.7. The number of benzene rings is 5. The van der Waals surface area contributed by atoms with E-state index in [1.165, 1.54) is 20.7 Å². The van der Waals surface area contributed by atoms with E-state index >= 15 is 0 Å². The van der Waals surface area contributed by atoms with Crippen LogP contribution in [0, 0.1) is 22.7 Å². The van der Waals surface area contributed by atoms with Crippen LogP contribution in [-0.4, -0.2) is 8.07 Å². The normalized spacial score (nSPS) is 13.7. The van der Waals surface area contributed by atoms with Crippen LogP contribution in [0.2, 0.25) is 0 Å².